The van der Waals surface area contributed by atoms with E-state index in [4.69, 9.17) is 9.47 Å². The van der Waals surface area contributed by atoms with Crippen LogP contribution >= 0.6 is 0 Å². The van der Waals surface area contributed by atoms with Gasteiger partial charge in [0.2, 0.25) is 0 Å². The minimum absolute atomic E-state index is 0. The van der Waals surface area contributed by atoms with E-state index < -0.39 is 0 Å². The summed E-state index contributed by atoms with van der Waals surface area (Å²) in [7, 11) is 0. The summed E-state index contributed by atoms with van der Waals surface area (Å²) >= 11 is 0. The average molecular weight is 415 g/mol. The average Bonchev–Trinajstić information content (AvgIpc) is 2.51. The van der Waals surface area contributed by atoms with Crippen molar-refractivity contribution >= 4 is 11.4 Å². The largest absolute Gasteiger partial charge is 2.00 e. The molecule has 0 amide bonds. The van der Waals surface area contributed by atoms with Crippen LogP contribution in [0.3, 0.4) is 0 Å². The standard InChI is InChI=1S/C16H23N3O2.2ClH.Mn/c1-12-11-18-14(3)16-6-4-5-15(19-16)13(2)17-7-8-20-9-10-21-12;;;/h4-6,12H,7-11H2,1-3H3;2*1H;/q;;;+2/p-2. The first-order chi connectivity index (χ1) is 10.2. The van der Waals surface area contributed by atoms with Gasteiger partial charge in [0.05, 0.1) is 61.8 Å². The Morgan fingerprint density at radius 2 is 1.58 bits per heavy atom. The van der Waals surface area contributed by atoms with Crippen LogP contribution in [-0.4, -0.2) is 55.4 Å². The second-order valence-corrected chi connectivity index (χ2v) is 5.10. The Balaban J connectivity index is 0. The van der Waals surface area contributed by atoms with Gasteiger partial charge in [-0.1, -0.05) is 6.07 Å². The molecule has 5 nitrogen and oxygen atoms in total. The van der Waals surface area contributed by atoms with Crippen LogP contribution in [0.1, 0.15) is 32.2 Å². The van der Waals surface area contributed by atoms with Crippen molar-refractivity contribution in [2.75, 3.05) is 32.9 Å². The summed E-state index contributed by atoms with van der Waals surface area (Å²) in [5.41, 5.74) is 3.63. The molecule has 2 rings (SSSR count). The first-order valence-electron chi connectivity index (χ1n) is 7.36. The van der Waals surface area contributed by atoms with E-state index in [0.717, 1.165) is 22.8 Å². The van der Waals surface area contributed by atoms with Gasteiger partial charge in [0, 0.05) is 0 Å². The zero-order valence-electron chi connectivity index (χ0n) is 14.1. The minimum atomic E-state index is 0. The van der Waals surface area contributed by atoms with Crippen LogP contribution in [0.15, 0.2) is 28.2 Å². The van der Waals surface area contributed by atoms with E-state index >= 15 is 0 Å². The summed E-state index contributed by atoms with van der Waals surface area (Å²) < 4.78 is 11.1. The fourth-order valence-corrected chi connectivity index (χ4v) is 2.01. The summed E-state index contributed by atoms with van der Waals surface area (Å²) in [5.74, 6) is 0. The topological polar surface area (TPSA) is 56.1 Å². The maximum Gasteiger partial charge on any atom is 2.00 e. The van der Waals surface area contributed by atoms with E-state index in [1.54, 1.807) is 0 Å². The zero-order valence-corrected chi connectivity index (χ0v) is 16.8. The molecule has 1 aliphatic rings. The predicted molar refractivity (Wildman–Crippen MR) is 84.6 cm³/mol. The smallest absolute Gasteiger partial charge is 1.00 e. The third-order valence-electron chi connectivity index (χ3n) is 3.29. The van der Waals surface area contributed by atoms with Crippen LogP contribution in [0.5, 0.6) is 0 Å². The summed E-state index contributed by atoms with van der Waals surface area (Å²) in [4.78, 5) is 13.7. The van der Waals surface area contributed by atoms with Crippen molar-refractivity contribution in [3.63, 3.8) is 0 Å². The van der Waals surface area contributed by atoms with Gasteiger partial charge >= 0.3 is 17.1 Å². The van der Waals surface area contributed by atoms with E-state index in [2.05, 4.69) is 15.0 Å². The third-order valence-corrected chi connectivity index (χ3v) is 3.29. The number of hydrogen-bond donors (Lipinski definition) is 0. The Kier molecular flexibility index (Phi) is 14.8. The van der Waals surface area contributed by atoms with E-state index in [1.165, 1.54) is 0 Å². The molecule has 2 bridgehead atoms. The quantitative estimate of drug-likeness (QED) is 0.408. The molecule has 0 aromatic carbocycles. The van der Waals surface area contributed by atoms with Gasteiger partial charge in [0.15, 0.2) is 0 Å². The maximum absolute atomic E-state index is 5.65. The Labute approximate surface area is 167 Å². The molecular weight excluding hydrogens is 392 g/mol. The molecular formula is C16H23Cl2MnN3O2. The second kappa shape index (κ2) is 13.8. The zero-order chi connectivity index (χ0) is 15.1. The van der Waals surface area contributed by atoms with Crippen LogP contribution in [0.4, 0.5) is 0 Å². The Bertz CT molecular complexity index is 542. The molecule has 135 valence electrons. The van der Waals surface area contributed by atoms with E-state index in [1.807, 2.05) is 39.0 Å². The van der Waals surface area contributed by atoms with Crippen molar-refractivity contribution in [3.8, 4) is 0 Å². The van der Waals surface area contributed by atoms with E-state index in [0.29, 0.717) is 32.9 Å². The molecule has 0 N–H and O–H groups in total. The number of hydrogen-bond acceptors (Lipinski definition) is 5. The number of aliphatic imine (C=N–C) groups is 2. The normalized spacial score (nSPS) is 19.0. The number of fused-ring (bicyclic) bond motifs is 2. The van der Waals surface area contributed by atoms with Crippen molar-refractivity contribution in [2.45, 2.75) is 26.9 Å². The Hall–Kier alpha value is -0.491. The molecule has 1 aromatic heterocycles. The summed E-state index contributed by atoms with van der Waals surface area (Å²) in [6.45, 7) is 9.02. The molecule has 1 radical (unpaired) electrons. The summed E-state index contributed by atoms with van der Waals surface area (Å²) in [5, 5.41) is 0. The molecule has 8 heteroatoms. The monoisotopic (exact) mass is 414 g/mol. The van der Waals surface area contributed by atoms with Crippen molar-refractivity contribution in [1.29, 1.82) is 0 Å². The fourth-order valence-electron chi connectivity index (χ4n) is 2.01. The second-order valence-electron chi connectivity index (χ2n) is 5.10. The van der Waals surface area contributed by atoms with Crippen molar-refractivity contribution in [1.82, 2.24) is 4.98 Å². The van der Waals surface area contributed by atoms with Gasteiger partial charge in [-0.05, 0) is 32.9 Å². The molecule has 1 atom stereocenters. The molecule has 0 saturated carbocycles. The molecule has 1 aliphatic heterocycles. The molecule has 2 heterocycles. The Morgan fingerprint density at radius 3 is 2.25 bits per heavy atom. The van der Waals surface area contributed by atoms with Crippen LogP contribution in [-0.2, 0) is 26.5 Å². The van der Waals surface area contributed by atoms with Crippen molar-refractivity contribution in [3.05, 3.63) is 29.6 Å². The van der Waals surface area contributed by atoms with Crippen molar-refractivity contribution < 1.29 is 51.4 Å². The van der Waals surface area contributed by atoms with Gasteiger partial charge in [0.25, 0.3) is 0 Å². The van der Waals surface area contributed by atoms with Crippen molar-refractivity contribution in [2.24, 2.45) is 9.98 Å². The molecule has 24 heavy (non-hydrogen) atoms. The van der Waals surface area contributed by atoms with Gasteiger partial charge in [-0.15, -0.1) is 0 Å². The van der Waals surface area contributed by atoms with Crippen LogP contribution < -0.4 is 24.8 Å². The summed E-state index contributed by atoms with van der Waals surface area (Å²) in [6, 6.07) is 5.94. The fraction of sp³-hybridized carbons (Fsp3) is 0.562. The number of nitrogens with zero attached hydrogens (tertiary/aromatic N) is 3. The van der Waals surface area contributed by atoms with Crippen LogP contribution in [0.2, 0.25) is 0 Å². The van der Waals surface area contributed by atoms with Crippen LogP contribution in [0, 0.1) is 0 Å². The molecule has 0 saturated heterocycles. The SMILES string of the molecule is CC1=NCCOCCOC(C)CN=C(C)c2cccc1n2.[Cl-].[Cl-].[Mn+2]. The number of halogens is 2. The molecule has 0 aliphatic carbocycles. The molecule has 0 spiro atoms. The first kappa shape index (κ1) is 25.7. The van der Waals surface area contributed by atoms with Crippen LogP contribution in [0.25, 0.3) is 0 Å². The number of pyridine rings is 1. The molecule has 1 unspecified atom stereocenters. The van der Waals surface area contributed by atoms with Gasteiger partial charge in [-0.2, -0.15) is 0 Å². The van der Waals surface area contributed by atoms with E-state index in [-0.39, 0.29) is 48.0 Å². The molecule has 0 fully saturated rings. The molecule has 1 aromatic rings. The van der Waals surface area contributed by atoms with Gasteiger partial charge < -0.3 is 34.3 Å². The predicted octanol–water partition coefficient (Wildman–Crippen LogP) is -3.86. The number of aromatic nitrogens is 1. The van der Waals surface area contributed by atoms with Gasteiger partial charge in [-0.3, -0.25) is 9.98 Å². The maximum atomic E-state index is 5.65. The third kappa shape index (κ3) is 8.56. The minimum Gasteiger partial charge on any atom is -1.00 e. The van der Waals surface area contributed by atoms with Gasteiger partial charge in [-0.25, -0.2) is 4.98 Å². The summed E-state index contributed by atoms with van der Waals surface area (Å²) in [6.07, 6.45) is 0.0786. The Morgan fingerprint density at radius 1 is 0.958 bits per heavy atom. The van der Waals surface area contributed by atoms with E-state index in [9.17, 15) is 0 Å². The number of rotatable bonds is 0. The number of ether oxygens (including phenoxy) is 2. The van der Waals surface area contributed by atoms with Gasteiger partial charge in [0.1, 0.15) is 0 Å². The first-order valence-corrected chi connectivity index (χ1v) is 7.36.